The zero-order chi connectivity index (χ0) is 13.1. The van der Waals surface area contributed by atoms with Gasteiger partial charge in [0.2, 0.25) is 0 Å². The van der Waals surface area contributed by atoms with Crippen LogP contribution in [-0.4, -0.2) is 22.7 Å². The van der Waals surface area contributed by atoms with E-state index in [0.717, 1.165) is 23.4 Å². The van der Waals surface area contributed by atoms with Crippen LogP contribution >= 0.6 is 0 Å². The summed E-state index contributed by atoms with van der Waals surface area (Å²) in [5.74, 6) is -0.516. The Morgan fingerprint density at radius 1 is 1.44 bits per heavy atom. The Morgan fingerprint density at radius 3 is 2.83 bits per heavy atom. The van der Waals surface area contributed by atoms with Gasteiger partial charge in [0.25, 0.3) is 5.91 Å². The van der Waals surface area contributed by atoms with Crippen LogP contribution in [0.2, 0.25) is 0 Å². The van der Waals surface area contributed by atoms with Gasteiger partial charge in [-0.05, 0) is 37.2 Å². The lowest BCUT2D eigenvalue weighted by molar-refractivity contribution is 0.0995. The number of hydrogen-bond donors (Lipinski definition) is 2. The first kappa shape index (κ1) is 12.3. The fraction of sp³-hybridized carbons (Fsp3) is 0.231. The molecule has 1 heterocycles. The topological polar surface area (TPSA) is 72.9 Å². The van der Waals surface area contributed by atoms with Crippen molar-refractivity contribution in [3.8, 4) is 5.69 Å². The highest BCUT2D eigenvalue weighted by molar-refractivity contribution is 5.90. The quantitative estimate of drug-likeness (QED) is 0.842. The van der Waals surface area contributed by atoms with Crippen LogP contribution in [-0.2, 0) is 6.54 Å². The Morgan fingerprint density at radius 2 is 2.22 bits per heavy atom. The van der Waals surface area contributed by atoms with E-state index in [9.17, 15) is 4.79 Å². The predicted molar refractivity (Wildman–Crippen MR) is 69.6 cm³/mol. The lowest BCUT2D eigenvalue weighted by Crippen LogP contribution is -2.12. The molecule has 1 aromatic heterocycles. The van der Waals surface area contributed by atoms with Gasteiger partial charge in [0.15, 0.2) is 0 Å². The average Bonchev–Trinajstić information content (AvgIpc) is 2.81. The van der Waals surface area contributed by atoms with E-state index in [1.807, 2.05) is 26.1 Å². The Balaban J connectivity index is 2.41. The minimum absolute atomic E-state index is 0.272. The lowest BCUT2D eigenvalue weighted by Gasteiger charge is -2.08. The maximum atomic E-state index is 11.0. The number of primary amides is 1. The molecule has 5 heteroatoms. The van der Waals surface area contributed by atoms with Crippen LogP contribution in [0.1, 0.15) is 21.6 Å². The summed E-state index contributed by atoms with van der Waals surface area (Å²) < 4.78 is 1.68. The molecule has 0 spiro atoms. The van der Waals surface area contributed by atoms with Crippen LogP contribution < -0.4 is 11.1 Å². The van der Waals surface area contributed by atoms with Gasteiger partial charge < -0.3 is 11.1 Å². The number of rotatable bonds is 4. The van der Waals surface area contributed by atoms with Crippen molar-refractivity contribution in [3.05, 3.63) is 47.3 Å². The molecular formula is C13H16N4O. The number of nitrogens with zero attached hydrogens (tertiary/aromatic N) is 2. The molecule has 0 fully saturated rings. The van der Waals surface area contributed by atoms with Crippen LogP contribution in [0.15, 0.2) is 30.5 Å². The molecule has 0 aliphatic rings. The maximum absolute atomic E-state index is 11.0. The van der Waals surface area contributed by atoms with Crippen molar-refractivity contribution in [1.29, 1.82) is 0 Å². The number of hydrogen-bond acceptors (Lipinski definition) is 3. The van der Waals surface area contributed by atoms with E-state index in [1.54, 1.807) is 16.9 Å². The van der Waals surface area contributed by atoms with Gasteiger partial charge in [-0.2, -0.15) is 5.10 Å². The number of nitrogens with two attached hydrogens (primary N) is 1. The summed E-state index contributed by atoms with van der Waals surface area (Å²) in [4.78, 5) is 11.0. The third-order valence-corrected chi connectivity index (χ3v) is 2.74. The molecule has 0 aliphatic carbocycles. The van der Waals surface area contributed by atoms with E-state index in [0.29, 0.717) is 0 Å². The molecule has 0 radical (unpaired) electrons. The van der Waals surface area contributed by atoms with E-state index < -0.39 is 5.91 Å². The molecule has 1 aromatic carbocycles. The number of carbonyl (C=O) groups is 1. The standard InChI is InChI=1S/C13H16N4O/c1-9-3-4-10(8-15-2)7-12(9)17-6-5-11(16-17)13(14)18/h3-7,15H,8H2,1-2H3,(H2,14,18). The van der Waals surface area contributed by atoms with Crippen molar-refractivity contribution >= 4 is 5.91 Å². The second kappa shape index (κ2) is 5.01. The Hall–Kier alpha value is -2.14. The number of nitrogens with one attached hydrogen (secondary N) is 1. The first-order chi connectivity index (χ1) is 8.61. The van der Waals surface area contributed by atoms with Gasteiger partial charge in [0, 0.05) is 12.7 Å². The normalized spacial score (nSPS) is 10.6. The monoisotopic (exact) mass is 244 g/mol. The molecule has 0 bridgehead atoms. The first-order valence-corrected chi connectivity index (χ1v) is 5.72. The van der Waals surface area contributed by atoms with Gasteiger partial charge in [-0.3, -0.25) is 4.79 Å². The van der Waals surface area contributed by atoms with E-state index in [2.05, 4.69) is 16.5 Å². The Kier molecular flexibility index (Phi) is 3.43. The minimum Gasteiger partial charge on any atom is -0.364 e. The summed E-state index contributed by atoms with van der Waals surface area (Å²) in [6, 6.07) is 7.76. The number of amides is 1. The largest absolute Gasteiger partial charge is 0.364 e. The molecule has 3 N–H and O–H groups in total. The second-order valence-electron chi connectivity index (χ2n) is 4.16. The molecule has 94 valence electrons. The summed E-state index contributed by atoms with van der Waals surface area (Å²) in [6.07, 6.45) is 1.74. The molecule has 2 aromatic rings. The molecular weight excluding hydrogens is 228 g/mol. The first-order valence-electron chi connectivity index (χ1n) is 5.72. The molecule has 0 saturated heterocycles. The third-order valence-electron chi connectivity index (χ3n) is 2.74. The van der Waals surface area contributed by atoms with Crippen molar-refractivity contribution in [3.63, 3.8) is 0 Å². The molecule has 0 aliphatic heterocycles. The van der Waals surface area contributed by atoms with Crippen molar-refractivity contribution in [2.24, 2.45) is 5.73 Å². The minimum atomic E-state index is -0.516. The van der Waals surface area contributed by atoms with E-state index in [1.165, 1.54) is 0 Å². The highest BCUT2D eigenvalue weighted by atomic mass is 16.1. The summed E-state index contributed by atoms with van der Waals surface area (Å²) in [7, 11) is 1.90. The predicted octanol–water partition coefficient (Wildman–Crippen LogP) is 0.999. The van der Waals surface area contributed by atoms with Crippen molar-refractivity contribution in [2.45, 2.75) is 13.5 Å². The summed E-state index contributed by atoms with van der Waals surface area (Å²) in [5.41, 5.74) is 8.67. The Bertz CT molecular complexity index is 574. The van der Waals surface area contributed by atoms with E-state index in [-0.39, 0.29) is 5.69 Å². The molecule has 18 heavy (non-hydrogen) atoms. The number of carbonyl (C=O) groups excluding carboxylic acids is 1. The van der Waals surface area contributed by atoms with Gasteiger partial charge in [-0.15, -0.1) is 0 Å². The number of aromatic nitrogens is 2. The molecule has 0 saturated carbocycles. The zero-order valence-electron chi connectivity index (χ0n) is 10.5. The highest BCUT2D eigenvalue weighted by Gasteiger charge is 2.08. The van der Waals surface area contributed by atoms with Crippen LogP contribution in [0.3, 0.4) is 0 Å². The number of aryl methyl sites for hydroxylation is 1. The SMILES string of the molecule is CNCc1ccc(C)c(-n2ccc(C(N)=O)n2)c1. The highest BCUT2D eigenvalue weighted by Crippen LogP contribution is 2.16. The zero-order valence-corrected chi connectivity index (χ0v) is 10.5. The molecule has 2 rings (SSSR count). The average molecular weight is 244 g/mol. The smallest absolute Gasteiger partial charge is 0.269 e. The number of benzene rings is 1. The van der Waals surface area contributed by atoms with Gasteiger partial charge in [-0.1, -0.05) is 12.1 Å². The lowest BCUT2D eigenvalue weighted by atomic mass is 10.1. The van der Waals surface area contributed by atoms with Crippen molar-refractivity contribution in [2.75, 3.05) is 7.05 Å². The third kappa shape index (κ3) is 2.41. The van der Waals surface area contributed by atoms with Crippen molar-refractivity contribution < 1.29 is 4.79 Å². The molecule has 0 unspecified atom stereocenters. The summed E-state index contributed by atoms with van der Waals surface area (Å²) in [6.45, 7) is 2.79. The fourth-order valence-electron chi connectivity index (χ4n) is 1.81. The van der Waals surface area contributed by atoms with Gasteiger partial charge in [0.05, 0.1) is 5.69 Å². The summed E-state index contributed by atoms with van der Waals surface area (Å²) in [5, 5.41) is 7.27. The second-order valence-corrected chi connectivity index (χ2v) is 4.16. The van der Waals surface area contributed by atoms with Gasteiger partial charge in [0.1, 0.15) is 5.69 Å². The van der Waals surface area contributed by atoms with E-state index in [4.69, 9.17) is 5.73 Å². The van der Waals surface area contributed by atoms with Crippen LogP contribution in [0.4, 0.5) is 0 Å². The van der Waals surface area contributed by atoms with Gasteiger partial charge in [-0.25, -0.2) is 4.68 Å². The van der Waals surface area contributed by atoms with Gasteiger partial charge >= 0.3 is 0 Å². The van der Waals surface area contributed by atoms with Crippen LogP contribution in [0, 0.1) is 6.92 Å². The summed E-state index contributed by atoms with van der Waals surface area (Å²) >= 11 is 0. The maximum Gasteiger partial charge on any atom is 0.269 e. The van der Waals surface area contributed by atoms with Crippen molar-refractivity contribution in [1.82, 2.24) is 15.1 Å². The Labute approximate surface area is 106 Å². The molecule has 0 atom stereocenters. The molecule has 1 amide bonds. The fourth-order valence-corrected chi connectivity index (χ4v) is 1.81. The molecule has 5 nitrogen and oxygen atoms in total. The van der Waals surface area contributed by atoms with Crippen LogP contribution in [0.5, 0.6) is 0 Å². The van der Waals surface area contributed by atoms with E-state index >= 15 is 0 Å². The van der Waals surface area contributed by atoms with Crippen LogP contribution in [0.25, 0.3) is 5.69 Å².